The molecule has 0 amide bonds. The highest BCUT2D eigenvalue weighted by Gasteiger charge is 2.25. The first-order chi connectivity index (χ1) is 9.29. The molecule has 1 aliphatic rings. The highest BCUT2D eigenvalue weighted by molar-refractivity contribution is 7.15. The minimum atomic E-state index is -0.293. The zero-order valence-electron chi connectivity index (χ0n) is 10.8. The highest BCUT2D eigenvalue weighted by atomic mass is 32.1. The van der Waals surface area contributed by atoms with Crippen LogP contribution >= 0.6 is 11.3 Å². The van der Waals surface area contributed by atoms with Crippen LogP contribution in [0.2, 0.25) is 0 Å². The van der Waals surface area contributed by atoms with Crippen LogP contribution in [0.25, 0.3) is 10.7 Å². The number of nitrogens with zero attached hydrogens (tertiary/aromatic N) is 2. The summed E-state index contributed by atoms with van der Waals surface area (Å²) in [7, 11) is 1.96. The minimum absolute atomic E-state index is 0.293. The SMILES string of the molecule is CNCC1CCCc2sc(-c3ncccc3F)nc21. The quantitative estimate of drug-likeness (QED) is 0.937. The fourth-order valence-corrected chi connectivity index (χ4v) is 3.78. The molecule has 0 aliphatic heterocycles. The Morgan fingerprint density at radius 2 is 2.42 bits per heavy atom. The Morgan fingerprint density at radius 1 is 1.53 bits per heavy atom. The number of hydrogen-bond donors (Lipinski definition) is 1. The molecule has 1 N–H and O–H groups in total. The molecule has 0 spiro atoms. The van der Waals surface area contributed by atoms with Gasteiger partial charge in [0.15, 0.2) is 5.82 Å². The number of rotatable bonds is 3. The first-order valence-electron chi connectivity index (χ1n) is 6.54. The van der Waals surface area contributed by atoms with Gasteiger partial charge in [-0.1, -0.05) is 0 Å². The van der Waals surface area contributed by atoms with Gasteiger partial charge in [-0.05, 0) is 38.4 Å². The molecule has 0 saturated heterocycles. The van der Waals surface area contributed by atoms with Crippen molar-refractivity contribution in [3.05, 3.63) is 34.7 Å². The number of pyridine rings is 1. The lowest BCUT2D eigenvalue weighted by atomic mass is 9.91. The lowest BCUT2D eigenvalue weighted by Crippen LogP contribution is -2.20. The number of halogens is 1. The summed E-state index contributed by atoms with van der Waals surface area (Å²) in [4.78, 5) is 10.1. The van der Waals surface area contributed by atoms with Gasteiger partial charge in [0.05, 0.1) is 5.69 Å². The lowest BCUT2D eigenvalue weighted by molar-refractivity contribution is 0.523. The number of fused-ring (bicyclic) bond motifs is 1. The summed E-state index contributed by atoms with van der Waals surface area (Å²) in [5.74, 6) is 0.157. The Kier molecular flexibility index (Phi) is 3.57. The van der Waals surface area contributed by atoms with Crippen molar-refractivity contribution in [3.63, 3.8) is 0 Å². The van der Waals surface area contributed by atoms with Crippen LogP contribution < -0.4 is 5.32 Å². The fraction of sp³-hybridized carbons (Fsp3) is 0.429. The largest absolute Gasteiger partial charge is 0.319 e. The monoisotopic (exact) mass is 277 g/mol. The number of aromatic nitrogens is 2. The van der Waals surface area contributed by atoms with Gasteiger partial charge in [0.1, 0.15) is 10.7 Å². The molecular formula is C14H16FN3S. The standard InChI is InChI=1S/C14H16FN3S/c1-16-8-9-4-2-6-11-12(9)18-14(19-11)13-10(15)5-3-7-17-13/h3,5,7,9,16H,2,4,6,8H2,1H3. The maximum absolute atomic E-state index is 13.8. The normalized spacial score (nSPS) is 18.3. The van der Waals surface area contributed by atoms with Gasteiger partial charge in [-0.25, -0.2) is 9.37 Å². The molecule has 5 heteroatoms. The molecule has 19 heavy (non-hydrogen) atoms. The van der Waals surface area contributed by atoms with Gasteiger partial charge in [0.2, 0.25) is 0 Å². The van der Waals surface area contributed by atoms with Crippen LogP contribution in [0.4, 0.5) is 4.39 Å². The van der Waals surface area contributed by atoms with Crippen LogP contribution in [-0.2, 0) is 6.42 Å². The van der Waals surface area contributed by atoms with E-state index in [-0.39, 0.29) is 5.82 Å². The summed E-state index contributed by atoms with van der Waals surface area (Å²) in [5.41, 5.74) is 1.52. The molecule has 0 aromatic carbocycles. The van der Waals surface area contributed by atoms with E-state index in [1.807, 2.05) is 7.05 Å². The van der Waals surface area contributed by atoms with Crippen molar-refractivity contribution in [2.45, 2.75) is 25.2 Å². The van der Waals surface area contributed by atoms with Gasteiger partial charge in [0, 0.05) is 23.5 Å². The second-order valence-electron chi connectivity index (χ2n) is 4.81. The molecule has 0 bridgehead atoms. The molecule has 2 aromatic rings. The van der Waals surface area contributed by atoms with Crippen LogP contribution in [0.15, 0.2) is 18.3 Å². The van der Waals surface area contributed by atoms with Gasteiger partial charge < -0.3 is 5.32 Å². The molecule has 1 aliphatic carbocycles. The topological polar surface area (TPSA) is 37.8 Å². The van der Waals surface area contributed by atoms with Crippen LogP contribution in [-0.4, -0.2) is 23.6 Å². The van der Waals surface area contributed by atoms with Crippen LogP contribution in [0.3, 0.4) is 0 Å². The third kappa shape index (κ3) is 2.40. The summed E-state index contributed by atoms with van der Waals surface area (Å²) in [6.07, 6.45) is 5.01. The molecule has 1 atom stereocenters. The van der Waals surface area contributed by atoms with Crippen molar-refractivity contribution in [2.75, 3.05) is 13.6 Å². The molecule has 0 fully saturated rings. The van der Waals surface area contributed by atoms with E-state index < -0.39 is 0 Å². The van der Waals surface area contributed by atoms with Gasteiger partial charge in [-0.2, -0.15) is 0 Å². The van der Waals surface area contributed by atoms with Crippen LogP contribution in [0.5, 0.6) is 0 Å². The first-order valence-corrected chi connectivity index (χ1v) is 7.36. The Morgan fingerprint density at radius 3 is 3.21 bits per heavy atom. The first kappa shape index (κ1) is 12.7. The Hall–Kier alpha value is -1.33. The van der Waals surface area contributed by atoms with Crippen molar-refractivity contribution in [3.8, 4) is 10.7 Å². The molecule has 2 heterocycles. The van der Waals surface area contributed by atoms with Gasteiger partial charge in [-0.3, -0.25) is 4.98 Å². The van der Waals surface area contributed by atoms with Crippen LogP contribution in [0, 0.1) is 5.82 Å². The van der Waals surface area contributed by atoms with E-state index in [2.05, 4.69) is 15.3 Å². The van der Waals surface area contributed by atoms with E-state index in [9.17, 15) is 4.39 Å². The van der Waals surface area contributed by atoms with Crippen molar-refractivity contribution in [1.82, 2.24) is 15.3 Å². The predicted octanol–water partition coefficient (Wildman–Crippen LogP) is 2.98. The Labute approximate surface area is 115 Å². The summed E-state index contributed by atoms with van der Waals surface area (Å²) < 4.78 is 13.8. The number of hydrogen-bond acceptors (Lipinski definition) is 4. The van der Waals surface area contributed by atoms with E-state index in [1.165, 1.54) is 17.4 Å². The number of aryl methyl sites for hydroxylation is 1. The average molecular weight is 277 g/mol. The second-order valence-corrected chi connectivity index (χ2v) is 5.89. The average Bonchev–Trinajstić information content (AvgIpc) is 2.84. The van der Waals surface area contributed by atoms with Gasteiger partial charge in [-0.15, -0.1) is 11.3 Å². The fourth-order valence-electron chi connectivity index (χ4n) is 2.60. The van der Waals surface area contributed by atoms with E-state index in [4.69, 9.17) is 0 Å². The zero-order chi connectivity index (χ0) is 13.2. The van der Waals surface area contributed by atoms with E-state index in [0.717, 1.165) is 25.1 Å². The molecule has 0 radical (unpaired) electrons. The predicted molar refractivity (Wildman–Crippen MR) is 74.9 cm³/mol. The van der Waals surface area contributed by atoms with Crippen LogP contribution in [0.1, 0.15) is 29.3 Å². The van der Waals surface area contributed by atoms with Gasteiger partial charge >= 0.3 is 0 Å². The molecular weight excluding hydrogens is 261 g/mol. The second kappa shape index (κ2) is 5.35. The minimum Gasteiger partial charge on any atom is -0.319 e. The van der Waals surface area contributed by atoms with E-state index in [1.54, 1.807) is 23.6 Å². The Bertz CT molecular complexity index is 582. The number of thiazole rings is 1. The van der Waals surface area contributed by atoms with Crippen molar-refractivity contribution in [1.29, 1.82) is 0 Å². The highest BCUT2D eigenvalue weighted by Crippen LogP contribution is 2.37. The summed E-state index contributed by atoms with van der Waals surface area (Å²) >= 11 is 1.59. The molecule has 1 unspecified atom stereocenters. The van der Waals surface area contributed by atoms with E-state index >= 15 is 0 Å². The van der Waals surface area contributed by atoms with E-state index in [0.29, 0.717) is 16.6 Å². The summed E-state index contributed by atoms with van der Waals surface area (Å²) in [5, 5.41) is 3.93. The number of nitrogens with one attached hydrogen (secondary N) is 1. The van der Waals surface area contributed by atoms with Crippen molar-refractivity contribution in [2.24, 2.45) is 0 Å². The van der Waals surface area contributed by atoms with Crippen molar-refractivity contribution < 1.29 is 4.39 Å². The zero-order valence-corrected chi connectivity index (χ0v) is 11.6. The molecule has 3 nitrogen and oxygen atoms in total. The summed E-state index contributed by atoms with van der Waals surface area (Å²) in [6.45, 7) is 0.931. The molecule has 2 aromatic heterocycles. The summed E-state index contributed by atoms with van der Waals surface area (Å²) in [6, 6.07) is 3.05. The lowest BCUT2D eigenvalue weighted by Gasteiger charge is -2.20. The van der Waals surface area contributed by atoms with Gasteiger partial charge in [0.25, 0.3) is 0 Å². The smallest absolute Gasteiger partial charge is 0.151 e. The molecule has 3 rings (SSSR count). The maximum atomic E-state index is 13.8. The Balaban J connectivity index is 2.00. The molecule has 0 saturated carbocycles. The van der Waals surface area contributed by atoms with Crippen molar-refractivity contribution >= 4 is 11.3 Å². The number of likely N-dealkylation sites (N-methyl/N-ethyl adjacent to an activating group) is 1. The third-order valence-corrected chi connectivity index (χ3v) is 4.62. The third-order valence-electron chi connectivity index (χ3n) is 3.48. The molecule has 100 valence electrons. The maximum Gasteiger partial charge on any atom is 0.151 e.